The molecule has 20 heavy (non-hydrogen) atoms. The van der Waals surface area contributed by atoms with E-state index in [0.717, 1.165) is 25.2 Å². The maximum atomic E-state index is 12.4. The highest BCUT2D eigenvalue weighted by molar-refractivity contribution is 5.83. The normalized spacial score (nSPS) is 39.9. The standard InChI is InChI=1S/C15H24N2O3/c1-9-3-2-6-17(13(9)14(18)19)15(20)16-12-8-10-4-5-11(12)7-10/h9-13H,2-8H2,1H3,(H,16,20)(H,18,19). The van der Waals surface area contributed by atoms with E-state index in [0.29, 0.717) is 12.5 Å². The van der Waals surface area contributed by atoms with Gasteiger partial charge in [-0.05, 0) is 49.9 Å². The van der Waals surface area contributed by atoms with E-state index in [1.165, 1.54) is 19.3 Å². The van der Waals surface area contributed by atoms with Gasteiger partial charge in [-0.25, -0.2) is 9.59 Å². The van der Waals surface area contributed by atoms with Crippen LogP contribution in [0.15, 0.2) is 0 Å². The fourth-order valence-electron chi connectivity index (χ4n) is 4.46. The molecule has 112 valence electrons. The number of fused-ring (bicyclic) bond motifs is 2. The van der Waals surface area contributed by atoms with Crippen molar-refractivity contribution < 1.29 is 14.7 Å². The Morgan fingerprint density at radius 2 is 2.00 bits per heavy atom. The molecular formula is C15H24N2O3. The lowest BCUT2D eigenvalue weighted by Gasteiger charge is -2.38. The van der Waals surface area contributed by atoms with Gasteiger partial charge in [0.2, 0.25) is 0 Å². The second-order valence-corrected chi connectivity index (χ2v) is 6.83. The molecule has 5 nitrogen and oxygen atoms in total. The van der Waals surface area contributed by atoms with E-state index in [4.69, 9.17) is 0 Å². The maximum Gasteiger partial charge on any atom is 0.326 e. The molecule has 1 heterocycles. The Bertz CT molecular complexity index is 412. The largest absolute Gasteiger partial charge is 0.480 e. The Labute approximate surface area is 119 Å². The van der Waals surface area contributed by atoms with Crippen LogP contribution in [0.4, 0.5) is 4.79 Å². The van der Waals surface area contributed by atoms with Crippen molar-refractivity contribution in [2.24, 2.45) is 17.8 Å². The van der Waals surface area contributed by atoms with Gasteiger partial charge in [0, 0.05) is 12.6 Å². The number of hydrogen-bond donors (Lipinski definition) is 2. The van der Waals surface area contributed by atoms with Gasteiger partial charge < -0.3 is 15.3 Å². The molecule has 2 N–H and O–H groups in total. The number of carbonyl (C=O) groups is 2. The molecule has 3 aliphatic rings. The number of carboxylic acid groups (broad SMARTS) is 1. The number of likely N-dealkylation sites (tertiary alicyclic amines) is 1. The van der Waals surface area contributed by atoms with Crippen LogP contribution in [-0.2, 0) is 4.79 Å². The summed E-state index contributed by atoms with van der Waals surface area (Å²) in [4.78, 5) is 25.4. The Kier molecular flexibility index (Phi) is 3.61. The number of urea groups is 1. The Morgan fingerprint density at radius 3 is 2.60 bits per heavy atom. The predicted octanol–water partition coefficient (Wildman–Crippen LogP) is 2.07. The van der Waals surface area contributed by atoms with Crippen molar-refractivity contribution in [2.75, 3.05) is 6.54 Å². The van der Waals surface area contributed by atoms with E-state index in [2.05, 4.69) is 5.32 Å². The molecule has 2 bridgehead atoms. The Balaban J connectivity index is 1.64. The summed E-state index contributed by atoms with van der Waals surface area (Å²) < 4.78 is 0. The number of piperidine rings is 1. The number of carbonyl (C=O) groups excluding carboxylic acids is 1. The molecular weight excluding hydrogens is 256 g/mol. The Morgan fingerprint density at radius 1 is 1.20 bits per heavy atom. The van der Waals surface area contributed by atoms with E-state index in [1.54, 1.807) is 4.90 Å². The zero-order valence-corrected chi connectivity index (χ0v) is 12.0. The van der Waals surface area contributed by atoms with Gasteiger partial charge in [0.05, 0.1) is 0 Å². The number of carboxylic acids is 1. The molecule has 0 aromatic carbocycles. The van der Waals surface area contributed by atoms with Crippen LogP contribution in [0.5, 0.6) is 0 Å². The van der Waals surface area contributed by atoms with E-state index >= 15 is 0 Å². The number of amides is 2. The van der Waals surface area contributed by atoms with Crippen molar-refractivity contribution in [3.8, 4) is 0 Å². The monoisotopic (exact) mass is 280 g/mol. The van der Waals surface area contributed by atoms with Crippen LogP contribution >= 0.6 is 0 Å². The number of hydrogen-bond acceptors (Lipinski definition) is 2. The molecule has 0 spiro atoms. The van der Waals surface area contributed by atoms with Crippen LogP contribution in [0.2, 0.25) is 0 Å². The zero-order valence-electron chi connectivity index (χ0n) is 12.0. The van der Waals surface area contributed by atoms with Crippen molar-refractivity contribution in [1.29, 1.82) is 0 Å². The van der Waals surface area contributed by atoms with Crippen molar-refractivity contribution >= 4 is 12.0 Å². The van der Waals surface area contributed by atoms with Gasteiger partial charge in [-0.2, -0.15) is 0 Å². The molecule has 0 aromatic rings. The van der Waals surface area contributed by atoms with E-state index in [-0.39, 0.29) is 18.0 Å². The topological polar surface area (TPSA) is 69.6 Å². The summed E-state index contributed by atoms with van der Waals surface area (Å²) in [5, 5.41) is 12.5. The third kappa shape index (κ3) is 2.38. The summed E-state index contributed by atoms with van der Waals surface area (Å²) in [6.07, 6.45) is 6.62. The summed E-state index contributed by atoms with van der Waals surface area (Å²) in [5.41, 5.74) is 0. The molecule has 0 aromatic heterocycles. The third-order valence-corrected chi connectivity index (χ3v) is 5.49. The molecule has 2 aliphatic carbocycles. The van der Waals surface area contributed by atoms with Crippen LogP contribution in [0.3, 0.4) is 0 Å². The number of rotatable bonds is 2. The van der Waals surface area contributed by atoms with Crippen LogP contribution in [0.25, 0.3) is 0 Å². The Hall–Kier alpha value is -1.26. The van der Waals surface area contributed by atoms with Gasteiger partial charge in [0.1, 0.15) is 6.04 Å². The average Bonchev–Trinajstić information content (AvgIpc) is 3.00. The third-order valence-electron chi connectivity index (χ3n) is 5.49. The first-order valence-corrected chi connectivity index (χ1v) is 7.86. The van der Waals surface area contributed by atoms with Gasteiger partial charge >= 0.3 is 12.0 Å². The molecule has 3 rings (SSSR count). The summed E-state index contributed by atoms with van der Waals surface area (Å²) in [6.45, 7) is 2.49. The molecule has 1 aliphatic heterocycles. The summed E-state index contributed by atoms with van der Waals surface area (Å²) in [7, 11) is 0. The highest BCUT2D eigenvalue weighted by Crippen LogP contribution is 2.44. The van der Waals surface area contributed by atoms with Crippen molar-refractivity contribution in [3.05, 3.63) is 0 Å². The molecule has 3 fully saturated rings. The molecule has 1 saturated heterocycles. The molecule has 5 heteroatoms. The minimum atomic E-state index is -0.875. The predicted molar refractivity (Wildman–Crippen MR) is 74.3 cm³/mol. The minimum Gasteiger partial charge on any atom is -0.480 e. The molecule has 2 saturated carbocycles. The van der Waals surface area contributed by atoms with Crippen molar-refractivity contribution in [2.45, 2.75) is 57.5 Å². The number of aliphatic carboxylic acids is 1. The fourth-order valence-corrected chi connectivity index (χ4v) is 4.46. The molecule has 2 amide bonds. The number of nitrogens with zero attached hydrogens (tertiary/aromatic N) is 1. The maximum absolute atomic E-state index is 12.4. The summed E-state index contributed by atoms with van der Waals surface area (Å²) in [6, 6.07) is -0.559. The van der Waals surface area contributed by atoms with E-state index in [1.807, 2.05) is 6.92 Å². The molecule has 0 radical (unpaired) electrons. The molecule has 5 atom stereocenters. The summed E-state index contributed by atoms with van der Waals surface area (Å²) >= 11 is 0. The van der Waals surface area contributed by atoms with Gasteiger partial charge in [-0.3, -0.25) is 0 Å². The number of nitrogens with one attached hydrogen (secondary N) is 1. The van der Waals surface area contributed by atoms with E-state index in [9.17, 15) is 14.7 Å². The smallest absolute Gasteiger partial charge is 0.326 e. The van der Waals surface area contributed by atoms with Crippen molar-refractivity contribution in [1.82, 2.24) is 10.2 Å². The first-order valence-electron chi connectivity index (χ1n) is 7.86. The van der Waals surface area contributed by atoms with Crippen LogP contribution in [0, 0.1) is 17.8 Å². The highest BCUT2D eigenvalue weighted by Gasteiger charge is 2.42. The zero-order chi connectivity index (χ0) is 14.3. The summed E-state index contributed by atoms with van der Waals surface area (Å²) in [5.74, 6) is 0.558. The van der Waals surface area contributed by atoms with Crippen molar-refractivity contribution in [3.63, 3.8) is 0 Å². The minimum absolute atomic E-state index is 0.0343. The average molecular weight is 280 g/mol. The molecule has 5 unspecified atom stereocenters. The lowest BCUT2D eigenvalue weighted by Crippen LogP contribution is -2.57. The van der Waals surface area contributed by atoms with Crippen LogP contribution in [0.1, 0.15) is 45.4 Å². The quantitative estimate of drug-likeness (QED) is 0.813. The first kappa shape index (κ1) is 13.7. The highest BCUT2D eigenvalue weighted by atomic mass is 16.4. The second kappa shape index (κ2) is 5.26. The van der Waals surface area contributed by atoms with Gasteiger partial charge in [0.25, 0.3) is 0 Å². The second-order valence-electron chi connectivity index (χ2n) is 6.83. The van der Waals surface area contributed by atoms with Gasteiger partial charge in [0.15, 0.2) is 0 Å². The van der Waals surface area contributed by atoms with Gasteiger partial charge in [-0.1, -0.05) is 13.3 Å². The lowest BCUT2D eigenvalue weighted by atomic mass is 9.91. The van der Waals surface area contributed by atoms with Gasteiger partial charge in [-0.15, -0.1) is 0 Å². The first-order chi connectivity index (χ1) is 9.56. The lowest BCUT2D eigenvalue weighted by molar-refractivity contribution is -0.145. The fraction of sp³-hybridized carbons (Fsp3) is 0.867. The SMILES string of the molecule is CC1CCCN(C(=O)NC2CC3CCC2C3)C1C(=O)O. The van der Waals surface area contributed by atoms with Crippen LogP contribution < -0.4 is 5.32 Å². The van der Waals surface area contributed by atoms with Crippen LogP contribution in [-0.4, -0.2) is 40.6 Å². The van der Waals surface area contributed by atoms with E-state index < -0.39 is 12.0 Å².